The minimum absolute atomic E-state index is 0.121. The number of aromatic nitrogens is 1. The van der Waals surface area contributed by atoms with Gasteiger partial charge in [0.1, 0.15) is 15.5 Å². The number of thiophene rings is 1. The van der Waals surface area contributed by atoms with Crippen LogP contribution >= 0.6 is 11.3 Å². The van der Waals surface area contributed by atoms with Crippen molar-refractivity contribution in [3.8, 4) is 5.75 Å². The second-order valence-corrected chi connectivity index (χ2v) is 7.14. The number of hydrogen-bond acceptors (Lipinski definition) is 7. The van der Waals surface area contributed by atoms with E-state index in [0.29, 0.717) is 15.4 Å². The first-order valence-electron chi connectivity index (χ1n) is 8.20. The standard InChI is InChI=1S/C19H21N3O3S/c1-10(2)25-12-5-6-13(11(3)9-12)22-14-7-8-21-18-15(14)16(20)17(26-18)19(23)24-4/h5-10H,20H2,1-4H3,(H,21,22). The summed E-state index contributed by atoms with van der Waals surface area (Å²) in [6.07, 6.45) is 1.81. The van der Waals surface area contributed by atoms with Crippen molar-refractivity contribution in [3.63, 3.8) is 0 Å². The van der Waals surface area contributed by atoms with Crippen LogP contribution < -0.4 is 15.8 Å². The number of nitrogens with two attached hydrogens (primary N) is 1. The SMILES string of the molecule is COC(=O)c1sc2nccc(Nc3ccc(OC(C)C)cc3C)c2c1N. The molecule has 0 aliphatic carbocycles. The van der Waals surface area contributed by atoms with Gasteiger partial charge in [-0.15, -0.1) is 11.3 Å². The van der Waals surface area contributed by atoms with E-state index in [1.165, 1.54) is 18.4 Å². The van der Waals surface area contributed by atoms with Gasteiger partial charge in [0.2, 0.25) is 0 Å². The van der Waals surface area contributed by atoms with Crippen molar-refractivity contribution in [3.05, 3.63) is 40.9 Å². The first-order chi connectivity index (χ1) is 12.4. The number of nitrogens with one attached hydrogen (secondary N) is 1. The topological polar surface area (TPSA) is 86.5 Å². The lowest BCUT2D eigenvalue weighted by Crippen LogP contribution is -2.06. The molecule has 2 aromatic heterocycles. The molecule has 0 atom stereocenters. The number of rotatable bonds is 5. The number of benzene rings is 1. The fraction of sp³-hybridized carbons (Fsp3) is 0.263. The van der Waals surface area contributed by atoms with Gasteiger partial charge in [0.05, 0.1) is 30.0 Å². The largest absolute Gasteiger partial charge is 0.491 e. The highest BCUT2D eigenvalue weighted by atomic mass is 32.1. The van der Waals surface area contributed by atoms with Gasteiger partial charge in [0, 0.05) is 11.9 Å². The molecule has 26 heavy (non-hydrogen) atoms. The van der Waals surface area contributed by atoms with Crippen LogP contribution in [0.25, 0.3) is 10.2 Å². The van der Waals surface area contributed by atoms with Crippen molar-refractivity contribution in [2.24, 2.45) is 0 Å². The molecule has 1 aromatic carbocycles. The second kappa shape index (κ2) is 7.21. The van der Waals surface area contributed by atoms with Crippen molar-refractivity contribution in [2.75, 3.05) is 18.2 Å². The Morgan fingerprint density at radius 2 is 2.04 bits per heavy atom. The minimum Gasteiger partial charge on any atom is -0.491 e. The van der Waals surface area contributed by atoms with Crippen LogP contribution in [0.2, 0.25) is 0 Å². The zero-order valence-corrected chi connectivity index (χ0v) is 15.9. The summed E-state index contributed by atoms with van der Waals surface area (Å²) in [7, 11) is 1.34. The Kier molecular flexibility index (Phi) is 4.99. The zero-order chi connectivity index (χ0) is 18.8. The van der Waals surface area contributed by atoms with Gasteiger partial charge in [-0.05, 0) is 50.6 Å². The number of aryl methyl sites for hydroxylation is 1. The lowest BCUT2D eigenvalue weighted by Gasteiger charge is -2.14. The van der Waals surface area contributed by atoms with Crippen LogP contribution in [0.15, 0.2) is 30.5 Å². The molecule has 0 amide bonds. The molecule has 6 nitrogen and oxygen atoms in total. The molecule has 0 saturated heterocycles. The molecule has 3 N–H and O–H groups in total. The molecule has 0 unspecified atom stereocenters. The maximum absolute atomic E-state index is 11.9. The van der Waals surface area contributed by atoms with E-state index >= 15 is 0 Å². The van der Waals surface area contributed by atoms with E-state index in [-0.39, 0.29) is 6.10 Å². The molecule has 0 spiro atoms. The van der Waals surface area contributed by atoms with Crippen molar-refractivity contribution in [2.45, 2.75) is 26.9 Å². The third kappa shape index (κ3) is 3.43. The molecule has 0 radical (unpaired) electrons. The lowest BCUT2D eigenvalue weighted by molar-refractivity contribution is 0.0607. The predicted octanol–water partition coefficient (Wildman–Crippen LogP) is 4.50. The van der Waals surface area contributed by atoms with Gasteiger partial charge < -0.3 is 20.5 Å². The molecular formula is C19H21N3O3S. The number of carbonyl (C=O) groups excluding carboxylic acids is 1. The molecule has 3 rings (SSSR count). The van der Waals surface area contributed by atoms with E-state index in [4.69, 9.17) is 15.2 Å². The van der Waals surface area contributed by atoms with E-state index in [0.717, 1.165) is 28.1 Å². The number of carbonyl (C=O) groups is 1. The summed E-state index contributed by atoms with van der Waals surface area (Å²) in [4.78, 5) is 17.3. The highest BCUT2D eigenvalue weighted by molar-refractivity contribution is 7.21. The third-order valence-corrected chi connectivity index (χ3v) is 4.93. The second-order valence-electron chi connectivity index (χ2n) is 6.14. The van der Waals surface area contributed by atoms with Crippen LogP contribution in [0.1, 0.15) is 29.1 Å². The number of nitrogen functional groups attached to an aromatic ring is 1. The van der Waals surface area contributed by atoms with Gasteiger partial charge in [-0.2, -0.15) is 0 Å². The van der Waals surface area contributed by atoms with Crippen molar-refractivity contribution in [1.82, 2.24) is 4.98 Å². The first-order valence-corrected chi connectivity index (χ1v) is 9.02. The van der Waals surface area contributed by atoms with Crippen LogP contribution in [0.3, 0.4) is 0 Å². The fourth-order valence-corrected chi connectivity index (χ4v) is 3.67. The van der Waals surface area contributed by atoms with Crippen LogP contribution in [0.5, 0.6) is 5.75 Å². The van der Waals surface area contributed by atoms with Gasteiger partial charge >= 0.3 is 5.97 Å². The minimum atomic E-state index is -0.456. The van der Waals surface area contributed by atoms with Crippen LogP contribution in [0.4, 0.5) is 17.1 Å². The van der Waals surface area contributed by atoms with Crippen molar-refractivity contribution < 1.29 is 14.3 Å². The average molecular weight is 371 g/mol. The van der Waals surface area contributed by atoms with Gasteiger partial charge in [-0.25, -0.2) is 9.78 Å². The number of pyridine rings is 1. The van der Waals surface area contributed by atoms with Crippen molar-refractivity contribution >= 4 is 44.6 Å². The molecule has 136 valence electrons. The quantitative estimate of drug-likeness (QED) is 0.642. The maximum atomic E-state index is 11.9. The summed E-state index contributed by atoms with van der Waals surface area (Å²) in [5, 5.41) is 4.11. The van der Waals surface area contributed by atoms with Crippen LogP contribution in [-0.2, 0) is 4.74 Å². The Hall–Kier alpha value is -2.80. The van der Waals surface area contributed by atoms with Crippen LogP contribution in [0, 0.1) is 6.92 Å². The van der Waals surface area contributed by atoms with E-state index in [1.807, 2.05) is 45.0 Å². The summed E-state index contributed by atoms with van der Waals surface area (Å²) in [5.74, 6) is 0.369. The Morgan fingerprint density at radius 1 is 1.27 bits per heavy atom. The highest BCUT2D eigenvalue weighted by Gasteiger charge is 2.20. The fourth-order valence-electron chi connectivity index (χ4n) is 2.66. The molecule has 0 fully saturated rings. The monoisotopic (exact) mass is 371 g/mol. The Bertz CT molecular complexity index is 966. The molecule has 0 aliphatic rings. The van der Waals surface area contributed by atoms with E-state index in [1.54, 1.807) is 6.20 Å². The van der Waals surface area contributed by atoms with Gasteiger partial charge in [0.25, 0.3) is 0 Å². The number of fused-ring (bicyclic) bond motifs is 1. The molecule has 0 saturated carbocycles. The molecule has 7 heteroatoms. The number of nitrogens with zero attached hydrogens (tertiary/aromatic N) is 1. The average Bonchev–Trinajstić information content (AvgIpc) is 2.94. The summed E-state index contributed by atoms with van der Waals surface area (Å²) >= 11 is 1.22. The number of methoxy groups -OCH3 is 1. The smallest absolute Gasteiger partial charge is 0.350 e. The predicted molar refractivity (Wildman–Crippen MR) is 106 cm³/mol. The van der Waals surface area contributed by atoms with Crippen LogP contribution in [-0.4, -0.2) is 24.2 Å². The van der Waals surface area contributed by atoms with E-state index < -0.39 is 5.97 Å². The van der Waals surface area contributed by atoms with Crippen molar-refractivity contribution in [1.29, 1.82) is 0 Å². The summed E-state index contributed by atoms with van der Waals surface area (Å²) in [5.41, 5.74) is 9.33. The molecule has 2 heterocycles. The molecule has 0 aliphatic heterocycles. The Labute approximate surface area is 155 Å². The molecule has 0 bridgehead atoms. The Morgan fingerprint density at radius 3 is 2.69 bits per heavy atom. The van der Waals surface area contributed by atoms with E-state index in [2.05, 4.69) is 10.3 Å². The number of hydrogen-bond donors (Lipinski definition) is 2. The lowest BCUT2D eigenvalue weighted by atomic mass is 10.1. The summed E-state index contributed by atoms with van der Waals surface area (Å²) < 4.78 is 10.5. The number of anilines is 3. The number of ether oxygens (including phenoxy) is 2. The van der Waals surface area contributed by atoms with Gasteiger partial charge in [0.15, 0.2) is 0 Å². The van der Waals surface area contributed by atoms with Gasteiger partial charge in [-0.1, -0.05) is 0 Å². The Balaban J connectivity index is 1.99. The first kappa shape index (κ1) is 18.0. The zero-order valence-electron chi connectivity index (χ0n) is 15.1. The molecular weight excluding hydrogens is 350 g/mol. The highest BCUT2D eigenvalue weighted by Crippen LogP contribution is 2.39. The van der Waals surface area contributed by atoms with Gasteiger partial charge in [-0.3, -0.25) is 0 Å². The van der Waals surface area contributed by atoms with E-state index in [9.17, 15) is 4.79 Å². The summed E-state index contributed by atoms with van der Waals surface area (Å²) in [6, 6.07) is 7.70. The summed E-state index contributed by atoms with van der Waals surface area (Å²) in [6.45, 7) is 5.99. The molecule has 3 aromatic rings. The normalized spacial score (nSPS) is 11.0. The third-order valence-electron chi connectivity index (χ3n) is 3.84. The maximum Gasteiger partial charge on any atom is 0.350 e. The number of esters is 1.